The lowest BCUT2D eigenvalue weighted by Gasteiger charge is -2.09. The number of rotatable bonds is 6. The zero-order valence-corrected chi connectivity index (χ0v) is 15.0. The highest BCUT2D eigenvalue weighted by Crippen LogP contribution is 2.20. The molecule has 0 aliphatic heterocycles. The molecule has 0 saturated heterocycles. The molecule has 0 bridgehead atoms. The summed E-state index contributed by atoms with van der Waals surface area (Å²) < 4.78 is 27.3. The van der Waals surface area contributed by atoms with Gasteiger partial charge in [-0.3, -0.25) is 14.8 Å². The van der Waals surface area contributed by atoms with Gasteiger partial charge in [0.15, 0.2) is 0 Å². The molecule has 2 N–H and O–H groups in total. The first-order valence-corrected chi connectivity index (χ1v) is 9.25. The molecule has 0 spiro atoms. The normalized spacial score (nSPS) is 11.0. The fourth-order valence-corrected chi connectivity index (χ4v) is 3.22. The van der Waals surface area contributed by atoms with E-state index in [1.54, 1.807) is 48.5 Å². The summed E-state index contributed by atoms with van der Waals surface area (Å²) in [5, 5.41) is 13.5. The van der Waals surface area contributed by atoms with E-state index in [2.05, 4.69) is 20.0 Å². The molecule has 0 aliphatic carbocycles. The molecule has 27 heavy (non-hydrogen) atoms. The van der Waals surface area contributed by atoms with Gasteiger partial charge < -0.3 is 5.32 Å². The minimum absolute atomic E-state index is 0.176. The Morgan fingerprint density at radius 2 is 1.48 bits per heavy atom. The highest BCUT2D eigenvalue weighted by atomic mass is 32.2. The van der Waals surface area contributed by atoms with Gasteiger partial charge in [-0.05, 0) is 43.3 Å². The van der Waals surface area contributed by atoms with E-state index in [4.69, 9.17) is 0 Å². The monoisotopic (exact) mass is 385 g/mol. The number of anilines is 3. The largest absolute Gasteiger partial charge is 0.324 e. The Labute approximate surface area is 155 Å². The molecule has 0 aliphatic rings. The second kappa shape index (κ2) is 7.38. The number of nitrogens with one attached hydrogen (secondary N) is 2. The molecule has 1 heterocycles. The van der Waals surface area contributed by atoms with Gasteiger partial charge in [0.25, 0.3) is 10.0 Å². The molecule has 0 radical (unpaired) electrons. The van der Waals surface area contributed by atoms with Crippen LogP contribution in [-0.4, -0.2) is 23.3 Å². The van der Waals surface area contributed by atoms with Crippen LogP contribution in [0, 0.1) is 17.0 Å². The van der Waals surface area contributed by atoms with E-state index in [9.17, 15) is 18.5 Å². The molecular formula is C17H15N5O4S. The lowest BCUT2D eigenvalue weighted by atomic mass is 10.2. The molecule has 9 nitrogen and oxygen atoms in total. The molecule has 3 rings (SSSR count). The Kier molecular flexibility index (Phi) is 4.99. The quantitative estimate of drug-likeness (QED) is 0.492. The number of hydrogen-bond donors (Lipinski definition) is 2. The third kappa shape index (κ3) is 4.55. The van der Waals surface area contributed by atoms with Crippen LogP contribution in [0.5, 0.6) is 0 Å². The maximum absolute atomic E-state index is 12.4. The second-order valence-electron chi connectivity index (χ2n) is 5.64. The van der Waals surface area contributed by atoms with Gasteiger partial charge in [-0.2, -0.15) is 0 Å². The Hall–Kier alpha value is -3.53. The van der Waals surface area contributed by atoms with Gasteiger partial charge in [0.2, 0.25) is 5.95 Å². The van der Waals surface area contributed by atoms with Crippen molar-refractivity contribution < 1.29 is 13.3 Å². The van der Waals surface area contributed by atoms with Crippen molar-refractivity contribution in [2.24, 2.45) is 0 Å². The minimum atomic E-state index is -3.67. The van der Waals surface area contributed by atoms with Crippen molar-refractivity contribution >= 4 is 33.0 Å². The highest BCUT2D eigenvalue weighted by molar-refractivity contribution is 7.92. The lowest BCUT2D eigenvalue weighted by Crippen LogP contribution is -2.12. The SMILES string of the molecule is Cc1ccc(S(=O)(=O)Nc2ccc(Nc3ncc([N+](=O)[O-])cn3)cc2)cc1. The van der Waals surface area contributed by atoms with E-state index in [1.807, 2.05) is 6.92 Å². The van der Waals surface area contributed by atoms with Crippen LogP contribution in [0.1, 0.15) is 5.56 Å². The summed E-state index contributed by atoms with van der Waals surface area (Å²) in [4.78, 5) is 17.9. The number of hydrogen-bond acceptors (Lipinski definition) is 7. The summed E-state index contributed by atoms with van der Waals surface area (Å²) in [6.45, 7) is 1.88. The van der Waals surface area contributed by atoms with E-state index < -0.39 is 14.9 Å². The predicted octanol–water partition coefficient (Wildman–Crippen LogP) is 3.24. The van der Waals surface area contributed by atoms with Crippen LogP contribution in [0.3, 0.4) is 0 Å². The average Bonchev–Trinajstić information content (AvgIpc) is 2.64. The smallest absolute Gasteiger partial charge is 0.305 e. The number of sulfonamides is 1. The molecule has 1 aromatic heterocycles. The van der Waals surface area contributed by atoms with Crippen LogP contribution in [0.4, 0.5) is 23.0 Å². The zero-order valence-electron chi connectivity index (χ0n) is 14.2. The molecule has 0 saturated carbocycles. The molecule has 10 heteroatoms. The van der Waals surface area contributed by atoms with E-state index >= 15 is 0 Å². The molecule has 2 aromatic carbocycles. The third-order valence-corrected chi connectivity index (χ3v) is 4.97. The fourth-order valence-electron chi connectivity index (χ4n) is 2.16. The highest BCUT2D eigenvalue weighted by Gasteiger charge is 2.13. The number of aryl methyl sites for hydroxylation is 1. The van der Waals surface area contributed by atoms with Crippen LogP contribution < -0.4 is 10.0 Å². The molecule has 138 valence electrons. The predicted molar refractivity (Wildman–Crippen MR) is 100 cm³/mol. The van der Waals surface area contributed by atoms with Gasteiger partial charge in [-0.15, -0.1) is 0 Å². The first-order valence-electron chi connectivity index (χ1n) is 7.76. The third-order valence-electron chi connectivity index (χ3n) is 3.57. The zero-order chi connectivity index (χ0) is 19.4. The van der Waals surface area contributed by atoms with Crippen molar-refractivity contribution in [1.82, 2.24) is 9.97 Å². The van der Waals surface area contributed by atoms with Crippen LogP contribution in [0.15, 0.2) is 65.8 Å². The molecular weight excluding hydrogens is 370 g/mol. The van der Waals surface area contributed by atoms with Crippen molar-refractivity contribution in [2.75, 3.05) is 10.0 Å². The standard InChI is InChI=1S/C17H15N5O4S/c1-12-2-8-16(9-3-12)27(25,26)21-14-6-4-13(5-7-14)20-17-18-10-15(11-19-17)22(23)24/h2-11,21H,1H3,(H,18,19,20). The number of nitrogens with zero attached hydrogens (tertiary/aromatic N) is 3. The summed E-state index contributed by atoms with van der Waals surface area (Å²) in [6.07, 6.45) is 2.19. The summed E-state index contributed by atoms with van der Waals surface area (Å²) in [5.74, 6) is 0.189. The van der Waals surface area contributed by atoms with Crippen molar-refractivity contribution in [2.45, 2.75) is 11.8 Å². The van der Waals surface area contributed by atoms with Crippen molar-refractivity contribution in [1.29, 1.82) is 0 Å². The number of nitro groups is 1. The topological polar surface area (TPSA) is 127 Å². The summed E-state index contributed by atoms with van der Waals surface area (Å²) in [6, 6.07) is 13.0. The van der Waals surface area contributed by atoms with Crippen molar-refractivity contribution in [3.8, 4) is 0 Å². The van der Waals surface area contributed by atoms with Gasteiger partial charge in [0, 0.05) is 11.4 Å². The van der Waals surface area contributed by atoms with Gasteiger partial charge in [-0.1, -0.05) is 17.7 Å². The van der Waals surface area contributed by atoms with Gasteiger partial charge in [0.1, 0.15) is 12.4 Å². The average molecular weight is 385 g/mol. The van der Waals surface area contributed by atoms with E-state index in [-0.39, 0.29) is 16.5 Å². The maximum Gasteiger partial charge on any atom is 0.305 e. The van der Waals surface area contributed by atoms with Crippen LogP contribution in [0.2, 0.25) is 0 Å². The Bertz CT molecular complexity index is 1050. The first kappa shape index (κ1) is 18.3. The molecule has 0 unspecified atom stereocenters. The van der Waals surface area contributed by atoms with Crippen molar-refractivity contribution in [3.63, 3.8) is 0 Å². The number of aromatic nitrogens is 2. The van der Waals surface area contributed by atoms with Crippen LogP contribution in [-0.2, 0) is 10.0 Å². The van der Waals surface area contributed by atoms with E-state index in [0.717, 1.165) is 18.0 Å². The Morgan fingerprint density at radius 1 is 0.926 bits per heavy atom. The fraction of sp³-hybridized carbons (Fsp3) is 0.0588. The van der Waals surface area contributed by atoms with Crippen LogP contribution >= 0.6 is 0 Å². The number of benzene rings is 2. The van der Waals surface area contributed by atoms with E-state index in [1.165, 1.54) is 0 Å². The van der Waals surface area contributed by atoms with Crippen molar-refractivity contribution in [3.05, 3.63) is 76.6 Å². The van der Waals surface area contributed by atoms with Gasteiger partial charge in [-0.25, -0.2) is 18.4 Å². The lowest BCUT2D eigenvalue weighted by molar-refractivity contribution is -0.385. The summed E-state index contributed by atoms with van der Waals surface area (Å²) in [5.41, 5.74) is 1.76. The van der Waals surface area contributed by atoms with Crippen LogP contribution in [0.25, 0.3) is 0 Å². The summed E-state index contributed by atoms with van der Waals surface area (Å²) in [7, 11) is -3.67. The molecule has 0 atom stereocenters. The molecule has 0 fully saturated rings. The molecule has 0 amide bonds. The Morgan fingerprint density at radius 3 is 2.04 bits per heavy atom. The molecule has 3 aromatic rings. The summed E-state index contributed by atoms with van der Waals surface area (Å²) >= 11 is 0. The van der Waals surface area contributed by atoms with Gasteiger partial charge >= 0.3 is 5.69 Å². The van der Waals surface area contributed by atoms with E-state index in [0.29, 0.717) is 11.4 Å². The first-order chi connectivity index (χ1) is 12.8. The minimum Gasteiger partial charge on any atom is -0.324 e. The second-order valence-corrected chi connectivity index (χ2v) is 7.33. The Balaban J connectivity index is 1.69. The van der Waals surface area contributed by atoms with Gasteiger partial charge in [0.05, 0.1) is 9.82 Å². The maximum atomic E-state index is 12.4.